The maximum atomic E-state index is 12.3. The molecule has 0 aromatic heterocycles. The number of hydrogen-bond acceptors (Lipinski definition) is 1. The molecule has 0 radical (unpaired) electrons. The third-order valence-corrected chi connectivity index (χ3v) is 4.36. The second-order valence-electron chi connectivity index (χ2n) is 6.47. The molecule has 1 aliphatic rings. The summed E-state index contributed by atoms with van der Waals surface area (Å²) in [5.41, 5.74) is -0.123. The topological polar surface area (TPSA) is 17.1 Å². The number of Topliss-reactive ketones (excluding diaryl/α,β-unsaturated/α-hetero) is 1. The van der Waals surface area contributed by atoms with Gasteiger partial charge >= 0.3 is 0 Å². The van der Waals surface area contributed by atoms with Crippen LogP contribution in [-0.4, -0.2) is 5.78 Å². The minimum absolute atomic E-state index is 0.123. The first-order chi connectivity index (χ1) is 6.71. The summed E-state index contributed by atoms with van der Waals surface area (Å²) in [7, 11) is 0. The molecule has 0 amide bonds. The molecule has 1 fully saturated rings. The fraction of sp³-hybridized carbons (Fsp3) is 0.929. The van der Waals surface area contributed by atoms with Crippen LogP contribution in [0.1, 0.15) is 48.5 Å². The molecule has 0 aromatic rings. The van der Waals surface area contributed by atoms with E-state index in [9.17, 15) is 4.79 Å². The van der Waals surface area contributed by atoms with E-state index in [1.165, 1.54) is 0 Å². The van der Waals surface area contributed by atoms with E-state index in [2.05, 4.69) is 48.5 Å². The lowest BCUT2D eigenvalue weighted by atomic mass is 9.69. The molecule has 1 aliphatic carbocycles. The Labute approximate surface area is 94.6 Å². The zero-order valence-corrected chi connectivity index (χ0v) is 11.3. The summed E-state index contributed by atoms with van der Waals surface area (Å²) in [6.07, 6.45) is 0. The van der Waals surface area contributed by atoms with Gasteiger partial charge in [-0.1, -0.05) is 48.5 Å². The van der Waals surface area contributed by atoms with E-state index in [0.717, 1.165) is 0 Å². The Hall–Kier alpha value is -0.330. The molecule has 15 heavy (non-hydrogen) atoms. The second-order valence-corrected chi connectivity index (χ2v) is 6.47. The lowest BCUT2D eigenvalue weighted by Gasteiger charge is -2.34. The van der Waals surface area contributed by atoms with Gasteiger partial charge in [0.2, 0.25) is 0 Å². The summed E-state index contributed by atoms with van der Waals surface area (Å²) in [5, 5.41) is 0. The number of carbonyl (C=O) groups is 1. The smallest absolute Gasteiger partial charge is 0.141 e. The molecule has 0 aliphatic heterocycles. The van der Waals surface area contributed by atoms with Crippen LogP contribution < -0.4 is 0 Å². The molecule has 0 spiro atoms. The van der Waals surface area contributed by atoms with E-state index in [4.69, 9.17) is 0 Å². The van der Waals surface area contributed by atoms with Gasteiger partial charge in [-0.3, -0.25) is 4.79 Å². The Morgan fingerprint density at radius 1 is 1.07 bits per heavy atom. The molecule has 1 nitrogen and oxygen atoms in total. The summed E-state index contributed by atoms with van der Waals surface area (Å²) in [6, 6.07) is 0. The quantitative estimate of drug-likeness (QED) is 0.678. The zero-order chi connectivity index (χ0) is 12.0. The minimum atomic E-state index is -0.123. The van der Waals surface area contributed by atoms with Gasteiger partial charge in [0.25, 0.3) is 0 Å². The summed E-state index contributed by atoms with van der Waals surface area (Å²) in [5.74, 6) is 3.03. The van der Waals surface area contributed by atoms with Gasteiger partial charge < -0.3 is 0 Å². The van der Waals surface area contributed by atoms with Gasteiger partial charge in [-0.05, 0) is 23.7 Å². The Bertz CT molecular complexity index is 250. The van der Waals surface area contributed by atoms with E-state index in [0.29, 0.717) is 29.5 Å². The van der Waals surface area contributed by atoms with Crippen molar-refractivity contribution < 1.29 is 4.79 Å². The first-order valence-corrected chi connectivity index (χ1v) is 6.25. The monoisotopic (exact) mass is 210 g/mol. The van der Waals surface area contributed by atoms with Crippen LogP contribution in [0, 0.1) is 35.0 Å². The van der Waals surface area contributed by atoms with Crippen LogP contribution in [0.25, 0.3) is 0 Å². The molecule has 0 N–H and O–H groups in total. The van der Waals surface area contributed by atoms with Gasteiger partial charge in [0.05, 0.1) is 0 Å². The van der Waals surface area contributed by atoms with Crippen molar-refractivity contribution in [3.63, 3.8) is 0 Å². The normalized spacial score (nSPS) is 35.5. The van der Waals surface area contributed by atoms with Gasteiger partial charge in [0.1, 0.15) is 5.78 Å². The van der Waals surface area contributed by atoms with Gasteiger partial charge in [-0.2, -0.15) is 0 Å². The number of hydrogen-bond donors (Lipinski definition) is 0. The highest BCUT2D eigenvalue weighted by Crippen LogP contribution is 2.52. The van der Waals surface area contributed by atoms with Crippen LogP contribution in [0.5, 0.6) is 0 Å². The van der Waals surface area contributed by atoms with E-state index in [-0.39, 0.29) is 11.3 Å². The van der Waals surface area contributed by atoms with Crippen LogP contribution >= 0.6 is 0 Å². The second kappa shape index (κ2) is 3.92. The fourth-order valence-corrected chi connectivity index (χ4v) is 3.99. The Kier molecular flexibility index (Phi) is 3.33. The van der Waals surface area contributed by atoms with Crippen molar-refractivity contribution in [1.82, 2.24) is 0 Å². The molecule has 0 aromatic carbocycles. The van der Waals surface area contributed by atoms with E-state index in [1.54, 1.807) is 0 Å². The maximum Gasteiger partial charge on any atom is 0.141 e. The van der Waals surface area contributed by atoms with Crippen molar-refractivity contribution in [2.45, 2.75) is 48.5 Å². The van der Waals surface area contributed by atoms with Crippen LogP contribution in [-0.2, 0) is 4.79 Å². The average molecular weight is 210 g/mol. The minimum Gasteiger partial charge on any atom is -0.299 e. The summed E-state index contributed by atoms with van der Waals surface area (Å²) in [4.78, 5) is 12.3. The third kappa shape index (κ3) is 1.86. The van der Waals surface area contributed by atoms with E-state index < -0.39 is 0 Å². The molecule has 0 unspecified atom stereocenters. The van der Waals surface area contributed by atoms with Gasteiger partial charge in [0.15, 0.2) is 0 Å². The van der Waals surface area contributed by atoms with Crippen LogP contribution in [0.4, 0.5) is 0 Å². The third-order valence-electron chi connectivity index (χ3n) is 4.36. The summed E-state index contributed by atoms with van der Waals surface area (Å²) in [6.45, 7) is 15.4. The Morgan fingerprint density at radius 2 is 1.53 bits per heavy atom. The van der Waals surface area contributed by atoms with E-state index in [1.807, 2.05) is 0 Å². The lowest BCUT2D eigenvalue weighted by Crippen LogP contribution is -2.32. The average Bonchev–Trinajstić information content (AvgIpc) is 2.25. The Balaban J connectivity index is 3.12. The highest BCUT2D eigenvalue weighted by Gasteiger charge is 2.54. The SMILES string of the molecule is CC(C)[C@H]1[C@H](C)C(=O)C(C)(C)[C@@H]1C(C)C. The van der Waals surface area contributed by atoms with Gasteiger partial charge in [-0.15, -0.1) is 0 Å². The molecule has 1 heteroatoms. The van der Waals surface area contributed by atoms with Crippen LogP contribution in [0.3, 0.4) is 0 Å². The van der Waals surface area contributed by atoms with Crippen molar-refractivity contribution in [3.8, 4) is 0 Å². The van der Waals surface area contributed by atoms with Gasteiger partial charge in [0, 0.05) is 11.3 Å². The molecular formula is C14H26O. The highest BCUT2D eigenvalue weighted by molar-refractivity contribution is 5.89. The standard InChI is InChI=1S/C14H26O/c1-8(2)11-10(5)13(15)14(6,7)12(11)9(3)4/h8-12H,1-7H3/t10-,11-,12+/m0/s1. The summed E-state index contributed by atoms with van der Waals surface area (Å²) < 4.78 is 0. The van der Waals surface area contributed by atoms with E-state index >= 15 is 0 Å². The molecule has 88 valence electrons. The van der Waals surface area contributed by atoms with Crippen molar-refractivity contribution in [2.75, 3.05) is 0 Å². The predicted octanol–water partition coefficient (Wildman–Crippen LogP) is 3.78. The summed E-state index contributed by atoms with van der Waals surface area (Å²) >= 11 is 0. The number of carbonyl (C=O) groups excluding carboxylic acids is 1. The number of rotatable bonds is 2. The van der Waals surface area contributed by atoms with Gasteiger partial charge in [-0.25, -0.2) is 0 Å². The first-order valence-electron chi connectivity index (χ1n) is 6.25. The highest BCUT2D eigenvalue weighted by atomic mass is 16.1. The van der Waals surface area contributed by atoms with Crippen LogP contribution in [0.2, 0.25) is 0 Å². The first kappa shape index (κ1) is 12.7. The fourth-order valence-electron chi connectivity index (χ4n) is 3.99. The lowest BCUT2D eigenvalue weighted by molar-refractivity contribution is -0.128. The van der Waals surface area contributed by atoms with Crippen molar-refractivity contribution in [2.24, 2.45) is 35.0 Å². The van der Waals surface area contributed by atoms with Crippen LogP contribution in [0.15, 0.2) is 0 Å². The molecule has 3 atom stereocenters. The predicted molar refractivity (Wildman–Crippen MR) is 64.6 cm³/mol. The largest absolute Gasteiger partial charge is 0.299 e. The molecule has 0 heterocycles. The molecule has 0 saturated heterocycles. The molecule has 0 bridgehead atoms. The van der Waals surface area contributed by atoms with Crippen molar-refractivity contribution >= 4 is 5.78 Å². The molecular weight excluding hydrogens is 184 g/mol. The number of ketones is 1. The maximum absolute atomic E-state index is 12.3. The van der Waals surface area contributed by atoms with Crippen molar-refractivity contribution in [3.05, 3.63) is 0 Å². The molecule has 1 rings (SSSR count). The van der Waals surface area contributed by atoms with Crippen molar-refractivity contribution in [1.29, 1.82) is 0 Å². The molecule has 1 saturated carbocycles. The zero-order valence-electron chi connectivity index (χ0n) is 11.3. The Morgan fingerprint density at radius 3 is 1.80 bits per heavy atom.